The molecule has 12 saturated carbocycles. The summed E-state index contributed by atoms with van der Waals surface area (Å²) >= 11 is 0. The molecule has 113 heavy (non-hydrogen) atoms. The standard InChI is InChI=1S/C12H20.C12H22.C12H24.C11H20.4C10H20.C9H18.C8H16O.C8H16/c1-7-8(2)12-6-5-11(7)9(3)10(12)4;1-5-10-9(4)11-6-12(10)8(3)7(11)2;1-9(2)10(3,4)12(7,8)11(9,5)6;1-6-7(2)11-5-10(6)8(3)9(11)4;1-7-9(3,4)8(2)10(7,5)6;1-7-8(2)10(5,6)9(7,3)4;1-7-5-9(3)10(4)6-8(7)2;1-5-10-8(3)6-7(2)9(10)4;1-6-5-7(2)9(4)8(6)3;1-5-6(2)8(4)9-7(5)3;1-5-6(2)8(4)7(5)3/h5-12H,1-4H3;7-12H,5-6H2,1-4H3;1-8H3;6-11H,5H2,1-4H3;2*7-8H,1-6H3;2*7-10H,5-6H2,1-4H3;6-9H,5H2,1-4H3;5-8H,1-4H3;5-8H,1-4H3. The fraction of sp³-hybridized carbons (Fsp3) is 0.982. The van der Waals surface area contributed by atoms with Crippen LogP contribution in [0.1, 0.15) is 411 Å². The van der Waals surface area contributed by atoms with Gasteiger partial charge in [0.25, 0.3) is 0 Å². The van der Waals surface area contributed by atoms with Gasteiger partial charge in [-0.2, -0.15) is 0 Å². The molecule has 1 saturated heterocycles. The van der Waals surface area contributed by atoms with Crippen molar-refractivity contribution in [3.8, 4) is 0 Å². The Morgan fingerprint density at radius 1 is 0.221 bits per heavy atom. The van der Waals surface area contributed by atoms with Crippen LogP contribution in [0.15, 0.2) is 12.2 Å². The van der Waals surface area contributed by atoms with E-state index in [0.717, 1.165) is 237 Å². The Balaban J connectivity index is 0.000000263. The average Bonchev–Trinajstić information content (AvgIpc) is 1.21. The minimum atomic E-state index is 0.448. The Morgan fingerprint density at radius 3 is 0.628 bits per heavy atom. The second kappa shape index (κ2) is 40.1. The van der Waals surface area contributed by atoms with Crippen LogP contribution in [0.25, 0.3) is 0 Å². The van der Waals surface area contributed by atoms with Crippen LogP contribution in [-0.2, 0) is 4.74 Å². The normalized spacial score (nSPS) is 50.3. The van der Waals surface area contributed by atoms with Crippen molar-refractivity contribution < 1.29 is 4.74 Å². The van der Waals surface area contributed by atoms with Crippen molar-refractivity contribution in [3.63, 3.8) is 0 Å². The van der Waals surface area contributed by atoms with E-state index in [1.807, 2.05) is 0 Å². The van der Waals surface area contributed by atoms with Crippen molar-refractivity contribution in [1.29, 1.82) is 0 Å². The molecule has 1 heteroatoms. The molecule has 0 aromatic carbocycles. The Bertz CT molecular complexity index is 2520. The molecule has 1 nitrogen and oxygen atoms in total. The van der Waals surface area contributed by atoms with Crippen molar-refractivity contribution in [3.05, 3.63) is 12.2 Å². The largest absolute Gasteiger partial charge is 0.375 e. The van der Waals surface area contributed by atoms with E-state index in [1.165, 1.54) is 44.9 Å². The smallest absolute Gasteiger partial charge is 0.0579 e. The van der Waals surface area contributed by atoms with Gasteiger partial charge >= 0.3 is 0 Å². The van der Waals surface area contributed by atoms with Crippen LogP contribution < -0.4 is 0 Å². The quantitative estimate of drug-likeness (QED) is 0.250. The van der Waals surface area contributed by atoms with Crippen LogP contribution in [0.3, 0.4) is 0 Å². The van der Waals surface area contributed by atoms with Crippen molar-refractivity contribution in [2.45, 2.75) is 424 Å². The lowest BCUT2D eigenvalue weighted by Crippen LogP contribution is -2.70. The van der Waals surface area contributed by atoms with E-state index < -0.39 is 0 Å². The van der Waals surface area contributed by atoms with Crippen molar-refractivity contribution in [1.82, 2.24) is 0 Å². The number of fused-ring (bicyclic) bond motifs is 6. The van der Waals surface area contributed by atoms with E-state index in [0.29, 0.717) is 55.5 Å². The van der Waals surface area contributed by atoms with Gasteiger partial charge in [0.05, 0.1) is 12.2 Å². The van der Waals surface area contributed by atoms with E-state index in [2.05, 4.69) is 372 Å². The van der Waals surface area contributed by atoms with E-state index in [-0.39, 0.29) is 0 Å². The molecule has 670 valence electrons. The van der Waals surface area contributed by atoms with Crippen molar-refractivity contribution in [2.75, 3.05) is 0 Å². The third-order valence-electron chi connectivity index (χ3n) is 46.4. The molecule has 0 radical (unpaired) electrons. The van der Waals surface area contributed by atoms with Crippen LogP contribution in [-0.4, -0.2) is 12.2 Å². The summed E-state index contributed by atoms with van der Waals surface area (Å²) in [7, 11) is 0. The zero-order valence-corrected chi connectivity index (χ0v) is 87.5. The first-order chi connectivity index (χ1) is 51.2. The summed E-state index contributed by atoms with van der Waals surface area (Å²) in [6.07, 6.45) is 17.6. The lowest BCUT2D eigenvalue weighted by atomic mass is 9.28. The zero-order chi connectivity index (χ0) is 88.0. The van der Waals surface area contributed by atoms with Crippen LogP contribution >= 0.6 is 0 Å². The van der Waals surface area contributed by atoms with Gasteiger partial charge < -0.3 is 4.74 Å². The van der Waals surface area contributed by atoms with Crippen molar-refractivity contribution >= 4 is 0 Å². The highest BCUT2D eigenvalue weighted by Crippen LogP contribution is 2.77. The molecular formula is C112H216O. The second-order valence-corrected chi connectivity index (χ2v) is 50.9. The molecule has 32 unspecified atom stereocenters. The lowest BCUT2D eigenvalue weighted by Gasteiger charge is -2.76. The number of hydrogen-bond donors (Lipinski definition) is 0. The van der Waals surface area contributed by atoms with Crippen LogP contribution in [0.4, 0.5) is 0 Å². The average molecular weight is 1580 g/mol. The SMILES string of the molecule is CC1(C)C(C)(C)C(C)(C)C1(C)C.CC1C(C)(C)C(C)C1(C)C.CC1C(C)C(C)(C)C1(C)C.CC1C(C)C(C)C1C.CC1C(C)C2C=CC1C(C)C2C.CC1C(C)C2CC1C(C)C2C.CC1CC(C)C(C)C1C.CC1CC(C)C(C)CC1C.CC1OC(C)C(C)C1C.CCC1C(C)C2CC1C(C)C2C.CCC1C(C)CC(C)C1C. The molecule has 1 aliphatic heterocycles. The Morgan fingerprint density at radius 2 is 0.451 bits per heavy atom. The zero-order valence-electron chi connectivity index (χ0n) is 87.5. The van der Waals surface area contributed by atoms with E-state index in [4.69, 9.17) is 4.74 Å². The summed E-state index contributed by atoms with van der Waals surface area (Å²) in [4.78, 5) is 0. The minimum Gasteiger partial charge on any atom is -0.375 e. The molecule has 0 aromatic heterocycles. The predicted octanol–water partition coefficient (Wildman–Crippen LogP) is 35.0. The minimum absolute atomic E-state index is 0.448. The molecule has 14 aliphatic carbocycles. The van der Waals surface area contributed by atoms with Gasteiger partial charge in [-0.25, -0.2) is 0 Å². The van der Waals surface area contributed by atoms with E-state index in [9.17, 15) is 0 Å². The van der Waals surface area contributed by atoms with Gasteiger partial charge in [-0.05, 0) is 332 Å². The summed E-state index contributed by atoms with van der Waals surface area (Å²) in [6.45, 7) is 124. The molecular weight excluding hydrogens is 1360 g/mol. The number of allylic oxidation sites excluding steroid dienone is 2. The molecule has 15 rings (SSSR count). The van der Waals surface area contributed by atoms with Crippen molar-refractivity contribution in [2.24, 2.45) is 280 Å². The highest BCUT2D eigenvalue weighted by Gasteiger charge is 2.71. The Labute approximate surface area is 716 Å². The van der Waals surface area contributed by atoms with Gasteiger partial charge in [-0.1, -0.05) is 371 Å². The van der Waals surface area contributed by atoms with Crippen LogP contribution in [0, 0.1) is 280 Å². The summed E-state index contributed by atoms with van der Waals surface area (Å²) in [5.41, 5.74) is 4.03. The van der Waals surface area contributed by atoms with Gasteiger partial charge in [0.1, 0.15) is 0 Å². The van der Waals surface area contributed by atoms with Crippen LogP contribution in [0.2, 0.25) is 0 Å². The van der Waals surface area contributed by atoms with Gasteiger partial charge in [-0.15, -0.1) is 0 Å². The fourth-order valence-electron chi connectivity index (χ4n) is 29.2. The molecule has 0 spiro atoms. The topological polar surface area (TPSA) is 9.23 Å². The Kier molecular flexibility index (Phi) is 37.3. The monoisotopic (exact) mass is 1580 g/mol. The van der Waals surface area contributed by atoms with Gasteiger partial charge in [0.2, 0.25) is 0 Å². The summed E-state index contributed by atoms with van der Waals surface area (Å²) < 4.78 is 5.59. The highest BCUT2D eigenvalue weighted by atomic mass is 16.5. The Hall–Kier alpha value is -0.300. The fourth-order valence-corrected chi connectivity index (χ4v) is 29.2. The lowest BCUT2D eigenvalue weighted by molar-refractivity contribution is -0.283. The van der Waals surface area contributed by atoms with E-state index >= 15 is 0 Å². The van der Waals surface area contributed by atoms with Crippen LogP contribution in [0.5, 0.6) is 0 Å². The maximum Gasteiger partial charge on any atom is 0.0579 e. The maximum atomic E-state index is 5.59. The number of hydrogen-bond acceptors (Lipinski definition) is 1. The summed E-state index contributed by atoms with van der Waals surface area (Å²) in [5.74, 6) is 38.3. The summed E-state index contributed by atoms with van der Waals surface area (Å²) in [5, 5.41) is 0. The third kappa shape index (κ3) is 20.9. The molecule has 32 atom stereocenters. The third-order valence-corrected chi connectivity index (χ3v) is 46.4. The first-order valence-corrected chi connectivity index (χ1v) is 50.5. The highest BCUT2D eigenvalue weighted by molar-refractivity contribution is 5.19. The van der Waals surface area contributed by atoms with Gasteiger partial charge in [-0.3, -0.25) is 0 Å². The summed E-state index contributed by atoms with van der Waals surface area (Å²) in [6, 6.07) is 0. The molecule has 1 heterocycles. The second-order valence-electron chi connectivity index (χ2n) is 50.9. The molecule has 0 amide bonds. The van der Waals surface area contributed by atoms with Gasteiger partial charge in [0.15, 0.2) is 0 Å². The molecule has 15 aliphatic rings. The molecule has 0 aromatic rings. The van der Waals surface area contributed by atoms with E-state index in [1.54, 1.807) is 6.42 Å². The van der Waals surface area contributed by atoms with Gasteiger partial charge in [0, 0.05) is 0 Å². The predicted molar refractivity (Wildman–Crippen MR) is 509 cm³/mol. The molecule has 13 fully saturated rings. The molecule has 6 bridgehead atoms. The first kappa shape index (κ1) is 105. The number of rotatable bonds is 2. The number of ether oxygens (including phenoxy) is 1. The maximum absolute atomic E-state index is 5.59. The molecule has 0 N–H and O–H groups in total. The first-order valence-electron chi connectivity index (χ1n) is 50.5.